The molecular weight excluding hydrogens is 445 g/mol. The summed E-state index contributed by atoms with van der Waals surface area (Å²) in [6, 6.07) is 13.9. The van der Waals surface area contributed by atoms with Gasteiger partial charge in [-0.25, -0.2) is 9.37 Å². The average molecular weight is 458 g/mol. The van der Waals surface area contributed by atoms with Crippen LogP contribution in [0, 0.1) is 5.82 Å². The second-order valence-electron chi connectivity index (χ2n) is 5.68. The Bertz CT molecular complexity index is 1090. The number of nitrogens with zero attached hydrogens (tertiary/aromatic N) is 4. The molecule has 0 amide bonds. The highest BCUT2D eigenvalue weighted by Crippen LogP contribution is 2.23. The minimum absolute atomic E-state index is 0.264. The first-order chi connectivity index (χ1) is 13.7. The van der Waals surface area contributed by atoms with Gasteiger partial charge in [0.15, 0.2) is 0 Å². The van der Waals surface area contributed by atoms with Gasteiger partial charge in [-0.05, 0) is 48.0 Å². The highest BCUT2D eigenvalue weighted by atomic mass is 79.9. The van der Waals surface area contributed by atoms with Gasteiger partial charge in [0.1, 0.15) is 11.6 Å². The van der Waals surface area contributed by atoms with Gasteiger partial charge in [-0.15, -0.1) is 15.3 Å². The van der Waals surface area contributed by atoms with Crippen LogP contribution in [0.1, 0.15) is 17.3 Å². The molecule has 140 valence electrons. The molecule has 0 aliphatic heterocycles. The Kier molecular flexibility index (Phi) is 5.63. The Balaban J connectivity index is 1.36. The Morgan fingerprint density at radius 1 is 1.04 bits per heavy atom. The number of nitrogens with one attached hydrogen (secondary N) is 1. The maximum Gasteiger partial charge on any atom is 0.247 e. The summed E-state index contributed by atoms with van der Waals surface area (Å²) < 4.78 is 19.6. The summed E-state index contributed by atoms with van der Waals surface area (Å²) in [5.41, 5.74) is 1.73. The fourth-order valence-electron chi connectivity index (χ4n) is 2.29. The monoisotopic (exact) mass is 457 g/mol. The Hall–Kier alpha value is -2.78. The molecule has 0 saturated carbocycles. The van der Waals surface area contributed by atoms with Gasteiger partial charge < -0.3 is 4.42 Å². The molecule has 0 fully saturated rings. The number of H-pyrrole nitrogens is 1. The fourth-order valence-corrected chi connectivity index (χ4v) is 3.20. The van der Waals surface area contributed by atoms with Crippen molar-refractivity contribution in [3.05, 3.63) is 76.1 Å². The average Bonchev–Trinajstić information content (AvgIpc) is 3.36. The second kappa shape index (κ2) is 8.49. The van der Waals surface area contributed by atoms with Crippen molar-refractivity contribution < 1.29 is 8.81 Å². The Labute approximate surface area is 172 Å². The van der Waals surface area contributed by atoms with Crippen molar-refractivity contribution >= 4 is 39.8 Å². The van der Waals surface area contributed by atoms with E-state index in [1.807, 2.05) is 30.3 Å². The van der Waals surface area contributed by atoms with E-state index >= 15 is 0 Å². The molecule has 0 radical (unpaired) electrons. The summed E-state index contributed by atoms with van der Waals surface area (Å²) in [5.74, 6) is 1.77. The second-order valence-corrected chi connectivity index (χ2v) is 7.54. The molecule has 6 nitrogen and oxygen atoms in total. The van der Waals surface area contributed by atoms with Crippen molar-refractivity contribution in [1.82, 2.24) is 25.4 Å². The number of benzene rings is 2. The van der Waals surface area contributed by atoms with Gasteiger partial charge in [0.05, 0.1) is 5.75 Å². The molecule has 0 spiro atoms. The maximum atomic E-state index is 12.9. The van der Waals surface area contributed by atoms with E-state index in [9.17, 15) is 4.39 Å². The number of aromatic nitrogens is 5. The summed E-state index contributed by atoms with van der Waals surface area (Å²) in [5, 5.41) is 15.7. The molecule has 9 heteroatoms. The quantitative estimate of drug-likeness (QED) is 0.399. The molecule has 0 bridgehead atoms. The van der Waals surface area contributed by atoms with Crippen molar-refractivity contribution in [3.63, 3.8) is 0 Å². The lowest BCUT2D eigenvalue weighted by Gasteiger charge is -1.94. The molecule has 0 aliphatic carbocycles. The molecule has 1 N–H and O–H groups in total. The molecule has 2 aromatic carbocycles. The SMILES string of the molecule is Fc1ccc(/C=C/c2nc(SCc3nnc(-c4ccc(Br)cc4)o3)n[nH]2)cc1. The largest absolute Gasteiger partial charge is 0.420 e. The maximum absolute atomic E-state index is 12.9. The molecule has 2 aromatic heterocycles. The molecule has 0 saturated heterocycles. The molecule has 0 unspecified atom stereocenters. The summed E-state index contributed by atoms with van der Waals surface area (Å²) >= 11 is 4.78. The molecular formula is C19H13BrFN5OS. The van der Waals surface area contributed by atoms with Crippen LogP contribution in [-0.4, -0.2) is 25.4 Å². The molecule has 28 heavy (non-hydrogen) atoms. The zero-order valence-corrected chi connectivity index (χ0v) is 16.7. The van der Waals surface area contributed by atoms with Crippen LogP contribution in [0.3, 0.4) is 0 Å². The van der Waals surface area contributed by atoms with Crippen LogP contribution in [0.4, 0.5) is 4.39 Å². The molecule has 4 rings (SSSR count). The zero-order chi connectivity index (χ0) is 19.3. The summed E-state index contributed by atoms with van der Waals surface area (Å²) in [6.07, 6.45) is 3.61. The number of hydrogen-bond donors (Lipinski definition) is 1. The van der Waals surface area contributed by atoms with E-state index in [2.05, 4.69) is 41.3 Å². The topological polar surface area (TPSA) is 80.5 Å². The van der Waals surface area contributed by atoms with Gasteiger partial charge >= 0.3 is 0 Å². The van der Waals surface area contributed by atoms with Gasteiger partial charge in [-0.3, -0.25) is 5.10 Å². The molecule has 0 atom stereocenters. The first-order valence-corrected chi connectivity index (χ1v) is 10.0. The first-order valence-electron chi connectivity index (χ1n) is 8.23. The third-order valence-corrected chi connectivity index (χ3v) is 5.03. The van der Waals surface area contributed by atoms with Gasteiger partial charge in [-0.1, -0.05) is 45.9 Å². The Morgan fingerprint density at radius 3 is 2.61 bits per heavy atom. The van der Waals surface area contributed by atoms with Crippen LogP contribution in [0.5, 0.6) is 0 Å². The molecule has 0 aliphatic rings. The lowest BCUT2D eigenvalue weighted by atomic mass is 10.2. The van der Waals surface area contributed by atoms with Gasteiger partial charge in [0.25, 0.3) is 0 Å². The normalized spacial score (nSPS) is 11.4. The predicted molar refractivity (Wildman–Crippen MR) is 109 cm³/mol. The Morgan fingerprint density at radius 2 is 1.82 bits per heavy atom. The first kappa shape index (κ1) is 18.6. The van der Waals surface area contributed by atoms with Crippen LogP contribution in [-0.2, 0) is 5.75 Å². The van der Waals surface area contributed by atoms with Crippen molar-refractivity contribution in [2.45, 2.75) is 10.9 Å². The van der Waals surface area contributed by atoms with Gasteiger partial charge in [0, 0.05) is 10.0 Å². The van der Waals surface area contributed by atoms with Crippen molar-refractivity contribution in [2.75, 3.05) is 0 Å². The van der Waals surface area contributed by atoms with Crippen LogP contribution in [0.15, 0.2) is 62.6 Å². The van der Waals surface area contributed by atoms with E-state index in [0.29, 0.717) is 28.5 Å². The van der Waals surface area contributed by atoms with E-state index < -0.39 is 0 Å². The van der Waals surface area contributed by atoms with Gasteiger partial charge in [0.2, 0.25) is 16.9 Å². The fraction of sp³-hybridized carbons (Fsp3) is 0.0526. The third-order valence-electron chi connectivity index (χ3n) is 3.67. The summed E-state index contributed by atoms with van der Waals surface area (Å²) in [6.45, 7) is 0. The highest BCUT2D eigenvalue weighted by Gasteiger charge is 2.10. The van der Waals surface area contributed by atoms with Crippen LogP contribution in [0.2, 0.25) is 0 Å². The van der Waals surface area contributed by atoms with Gasteiger partial charge in [-0.2, -0.15) is 0 Å². The minimum atomic E-state index is -0.264. The lowest BCUT2D eigenvalue weighted by molar-refractivity contribution is 0.528. The predicted octanol–water partition coefficient (Wildman–Crippen LogP) is 5.22. The van der Waals surface area contributed by atoms with E-state index in [-0.39, 0.29) is 5.82 Å². The third kappa shape index (κ3) is 4.73. The standard InChI is InChI=1S/C19H13BrFN5OS/c20-14-6-4-13(5-7-14)18-25-24-17(27-18)11-28-19-22-16(23-26-19)10-3-12-1-8-15(21)9-2-12/h1-10H,11H2,(H,22,23,26)/b10-3+. The number of halogens is 2. The van der Waals surface area contributed by atoms with Crippen molar-refractivity contribution in [3.8, 4) is 11.5 Å². The summed E-state index contributed by atoms with van der Waals surface area (Å²) in [4.78, 5) is 4.37. The number of rotatable bonds is 6. The number of hydrogen-bond acceptors (Lipinski definition) is 6. The highest BCUT2D eigenvalue weighted by molar-refractivity contribution is 9.10. The van der Waals surface area contributed by atoms with E-state index in [1.165, 1.54) is 23.9 Å². The number of aromatic amines is 1. The lowest BCUT2D eigenvalue weighted by Crippen LogP contribution is -1.82. The number of thioether (sulfide) groups is 1. The van der Waals surface area contributed by atoms with E-state index in [0.717, 1.165) is 15.6 Å². The van der Waals surface area contributed by atoms with Crippen LogP contribution >= 0.6 is 27.7 Å². The molecule has 2 heterocycles. The van der Waals surface area contributed by atoms with Crippen molar-refractivity contribution in [2.24, 2.45) is 0 Å². The summed E-state index contributed by atoms with van der Waals surface area (Å²) in [7, 11) is 0. The van der Waals surface area contributed by atoms with E-state index in [4.69, 9.17) is 4.42 Å². The smallest absolute Gasteiger partial charge is 0.247 e. The van der Waals surface area contributed by atoms with Crippen molar-refractivity contribution in [1.29, 1.82) is 0 Å². The molecule has 4 aromatic rings. The van der Waals surface area contributed by atoms with E-state index in [1.54, 1.807) is 18.2 Å². The minimum Gasteiger partial charge on any atom is -0.420 e. The van der Waals surface area contributed by atoms with Crippen LogP contribution < -0.4 is 0 Å². The zero-order valence-electron chi connectivity index (χ0n) is 14.3. The van der Waals surface area contributed by atoms with Crippen LogP contribution in [0.25, 0.3) is 23.6 Å².